The number of ether oxygens (including phenoxy) is 1. The van der Waals surface area contributed by atoms with Crippen LogP contribution in [-0.4, -0.2) is 66.8 Å². The molecular weight excluding hydrogens is 555 g/mol. The van der Waals surface area contributed by atoms with Gasteiger partial charge in [-0.3, -0.25) is 9.59 Å². The number of amides is 1. The van der Waals surface area contributed by atoms with Crippen LogP contribution in [-0.2, 0) is 9.53 Å². The number of benzene rings is 2. The van der Waals surface area contributed by atoms with E-state index in [1.54, 1.807) is 12.1 Å². The highest BCUT2D eigenvalue weighted by Gasteiger charge is 2.33. The summed E-state index contributed by atoms with van der Waals surface area (Å²) in [4.78, 5) is 37.5. The van der Waals surface area contributed by atoms with Gasteiger partial charge < -0.3 is 24.0 Å². The Kier molecular flexibility index (Phi) is 6.67. The Balaban J connectivity index is 1.24. The van der Waals surface area contributed by atoms with E-state index in [2.05, 4.69) is 17.0 Å². The summed E-state index contributed by atoms with van der Waals surface area (Å²) in [5, 5.41) is 11.9. The fraction of sp³-hybridized carbons (Fsp3) is 0.355. The predicted molar refractivity (Wildman–Crippen MR) is 160 cm³/mol. The topological polar surface area (TPSA) is 94.7 Å². The minimum Gasteiger partial charge on any atom is -0.380 e. The molecule has 3 fully saturated rings. The van der Waals surface area contributed by atoms with Crippen LogP contribution < -0.4 is 15.4 Å². The highest BCUT2D eigenvalue weighted by molar-refractivity contribution is 7.16. The van der Waals surface area contributed by atoms with Gasteiger partial charge in [0.05, 0.1) is 24.8 Å². The smallest absolute Gasteiger partial charge is 0.258 e. The number of hydrogen-bond donors (Lipinski definition) is 0. The summed E-state index contributed by atoms with van der Waals surface area (Å²) >= 11 is 1.26. The minimum atomic E-state index is -0.351. The summed E-state index contributed by atoms with van der Waals surface area (Å²) in [6, 6.07) is 14.3. The molecular formula is C31H29FN6O3S. The van der Waals surface area contributed by atoms with Gasteiger partial charge in [-0.1, -0.05) is 11.3 Å². The third kappa shape index (κ3) is 4.70. The van der Waals surface area contributed by atoms with Gasteiger partial charge >= 0.3 is 0 Å². The molecule has 2 aromatic heterocycles. The Morgan fingerprint density at radius 1 is 1.10 bits per heavy atom. The lowest BCUT2D eigenvalue weighted by molar-refractivity contribution is -0.150. The second kappa shape index (κ2) is 10.5. The number of piperazine rings is 1. The summed E-state index contributed by atoms with van der Waals surface area (Å²) in [5.41, 5.74) is 2.97. The molecule has 0 unspecified atom stereocenters. The van der Waals surface area contributed by atoms with Crippen LogP contribution in [0.2, 0.25) is 0 Å². The van der Waals surface area contributed by atoms with Crippen molar-refractivity contribution in [3.05, 3.63) is 69.7 Å². The molecule has 3 aliphatic rings. The van der Waals surface area contributed by atoms with Crippen molar-refractivity contribution in [3.8, 4) is 17.3 Å². The van der Waals surface area contributed by atoms with Gasteiger partial charge in [0.1, 0.15) is 22.5 Å². The van der Waals surface area contributed by atoms with Crippen molar-refractivity contribution in [3.63, 3.8) is 0 Å². The first-order valence-corrected chi connectivity index (χ1v) is 14.9. The van der Waals surface area contributed by atoms with Gasteiger partial charge in [-0.05, 0) is 55.3 Å². The fourth-order valence-corrected chi connectivity index (χ4v) is 6.53. The average Bonchev–Trinajstić information content (AvgIpc) is 3.74. The maximum Gasteiger partial charge on any atom is 0.258 e. The summed E-state index contributed by atoms with van der Waals surface area (Å²) in [6.07, 6.45) is 3.84. The zero-order valence-electron chi connectivity index (χ0n) is 23.1. The van der Waals surface area contributed by atoms with E-state index < -0.39 is 0 Å². The molecule has 0 spiro atoms. The monoisotopic (exact) mass is 584 g/mol. The highest BCUT2D eigenvalue weighted by atomic mass is 32.1. The van der Waals surface area contributed by atoms with Crippen LogP contribution in [0.3, 0.4) is 0 Å². The van der Waals surface area contributed by atoms with Crippen LogP contribution in [0.1, 0.15) is 23.8 Å². The predicted octanol–water partition coefficient (Wildman–Crippen LogP) is 4.53. The zero-order valence-corrected chi connectivity index (χ0v) is 23.9. The summed E-state index contributed by atoms with van der Waals surface area (Å²) < 4.78 is 20.6. The van der Waals surface area contributed by atoms with Crippen molar-refractivity contribution in [2.24, 2.45) is 5.92 Å². The van der Waals surface area contributed by atoms with Crippen LogP contribution in [0.25, 0.3) is 22.0 Å². The molecule has 1 amide bonds. The number of hydrogen-bond acceptors (Lipinski definition) is 8. The first-order valence-electron chi connectivity index (χ1n) is 14.1. The van der Waals surface area contributed by atoms with Crippen LogP contribution >= 0.6 is 11.3 Å². The molecule has 1 aliphatic carbocycles. The number of rotatable bonds is 6. The van der Waals surface area contributed by atoms with Gasteiger partial charge in [0.25, 0.3) is 5.56 Å². The lowest BCUT2D eigenvalue weighted by atomic mass is 10.1. The van der Waals surface area contributed by atoms with E-state index in [1.807, 2.05) is 39.7 Å². The second-order valence-corrected chi connectivity index (χ2v) is 12.1. The number of pyridine rings is 1. The number of carbonyl (C=O) groups excluding carboxylic acids is 1. The largest absolute Gasteiger partial charge is 0.380 e. The Bertz CT molecular complexity index is 1780. The number of aromatic nitrogens is 2. The van der Waals surface area contributed by atoms with Crippen molar-refractivity contribution in [2.45, 2.75) is 18.9 Å². The molecule has 9 nitrogen and oxygen atoms in total. The lowest BCUT2D eigenvalue weighted by Crippen LogP contribution is -2.53. The lowest BCUT2D eigenvalue weighted by Gasteiger charge is -2.39. The van der Waals surface area contributed by atoms with E-state index >= 15 is 0 Å². The Morgan fingerprint density at radius 3 is 2.48 bits per heavy atom. The summed E-state index contributed by atoms with van der Waals surface area (Å²) in [7, 11) is 1.89. The quantitative estimate of drug-likeness (QED) is 0.329. The van der Waals surface area contributed by atoms with Crippen LogP contribution in [0.5, 0.6) is 0 Å². The van der Waals surface area contributed by atoms with Crippen LogP contribution in [0.4, 0.5) is 20.9 Å². The van der Waals surface area contributed by atoms with Gasteiger partial charge in [-0.25, -0.2) is 9.37 Å². The van der Waals surface area contributed by atoms with Gasteiger partial charge in [-0.2, -0.15) is 5.26 Å². The summed E-state index contributed by atoms with van der Waals surface area (Å²) in [6.45, 7) is 3.72. The van der Waals surface area contributed by atoms with Crippen molar-refractivity contribution in [1.82, 2.24) is 14.5 Å². The molecule has 0 N–H and O–H groups in total. The molecule has 0 radical (unpaired) electrons. The van der Waals surface area contributed by atoms with E-state index in [0.29, 0.717) is 66.0 Å². The number of nitrogens with zero attached hydrogens (tertiary/aromatic N) is 6. The van der Waals surface area contributed by atoms with Gasteiger partial charge in [-0.15, -0.1) is 0 Å². The number of anilines is 3. The summed E-state index contributed by atoms with van der Waals surface area (Å²) in [5.74, 6) is -0.195. The molecule has 1 saturated carbocycles. The van der Waals surface area contributed by atoms with Crippen LogP contribution in [0, 0.1) is 23.1 Å². The molecule has 4 heterocycles. The molecule has 0 atom stereocenters. The molecule has 42 heavy (non-hydrogen) atoms. The number of fused-ring (bicyclic) bond motifs is 1. The first kappa shape index (κ1) is 26.6. The van der Waals surface area contributed by atoms with Crippen molar-refractivity contribution in [1.29, 1.82) is 5.26 Å². The van der Waals surface area contributed by atoms with Gasteiger partial charge in [0.15, 0.2) is 5.13 Å². The normalized spacial score (nSPS) is 17.3. The minimum absolute atomic E-state index is 0.0139. The zero-order chi connectivity index (χ0) is 29.0. The van der Waals surface area contributed by atoms with Crippen molar-refractivity contribution in [2.75, 3.05) is 56.2 Å². The molecule has 2 aliphatic heterocycles. The van der Waals surface area contributed by atoms with Crippen LogP contribution in [0.15, 0.2) is 53.5 Å². The molecule has 4 aromatic rings. The first-order chi connectivity index (χ1) is 20.4. The van der Waals surface area contributed by atoms with Gasteiger partial charge in [0, 0.05) is 67.5 Å². The molecule has 0 bridgehead atoms. The number of thiazole rings is 1. The molecule has 214 valence electrons. The fourth-order valence-electron chi connectivity index (χ4n) is 5.67. The maximum atomic E-state index is 13.6. The SMILES string of the molecule is CN(c1nc(-c2ccc(F)cc2)c(C#N)s1)c1cn(C2CC2)c(=O)c2ccc(N3CCN(C(=O)C4COC4)CC3)cc12. The molecule has 2 aromatic carbocycles. The highest BCUT2D eigenvalue weighted by Crippen LogP contribution is 2.40. The Morgan fingerprint density at radius 2 is 1.83 bits per heavy atom. The van der Waals surface area contributed by atoms with E-state index in [4.69, 9.17) is 9.72 Å². The van der Waals surface area contributed by atoms with Gasteiger partial charge in [0.2, 0.25) is 5.91 Å². The number of halogens is 1. The third-order valence-corrected chi connectivity index (χ3v) is 9.41. The molecule has 11 heteroatoms. The average molecular weight is 585 g/mol. The van der Waals surface area contributed by atoms with Crippen molar-refractivity contribution >= 4 is 44.5 Å². The Hall–Kier alpha value is -4.27. The number of nitriles is 1. The number of carbonyl (C=O) groups is 1. The Labute approximate surface area is 246 Å². The van der Waals surface area contributed by atoms with E-state index in [0.717, 1.165) is 29.6 Å². The molecule has 7 rings (SSSR count). The van der Waals surface area contributed by atoms with E-state index in [1.165, 1.54) is 23.5 Å². The van der Waals surface area contributed by atoms with E-state index in [9.17, 15) is 19.2 Å². The molecule has 2 saturated heterocycles. The standard InChI is InChI=1S/C31H29FN6O3S/c1-35(31-34-28(27(15-33)42-31)19-2-4-21(32)5-3-19)26-16-38(22-6-7-22)30(40)24-9-8-23(14-25(24)26)36-10-12-37(13-11-36)29(39)20-17-41-18-20/h2-5,8-9,14,16,20,22H,6-7,10-13,17-18H2,1H3. The second-order valence-electron chi connectivity index (χ2n) is 11.1. The van der Waals surface area contributed by atoms with E-state index in [-0.39, 0.29) is 29.2 Å². The van der Waals surface area contributed by atoms with Crippen molar-refractivity contribution < 1.29 is 13.9 Å². The third-order valence-electron chi connectivity index (χ3n) is 8.37. The maximum absolute atomic E-state index is 13.6.